The monoisotopic (exact) mass is 246 g/mol. The molecule has 2 aromatic rings. The predicted molar refractivity (Wildman–Crippen MR) is 67.6 cm³/mol. The van der Waals surface area contributed by atoms with Gasteiger partial charge >= 0.3 is 5.97 Å². The van der Waals surface area contributed by atoms with Gasteiger partial charge in [-0.15, -0.1) is 0 Å². The van der Waals surface area contributed by atoms with Crippen LogP contribution in [0.25, 0.3) is 0 Å². The Morgan fingerprint density at radius 1 is 1.12 bits per heavy atom. The number of rotatable bonds is 2. The van der Waals surface area contributed by atoms with Crippen LogP contribution in [0.5, 0.6) is 5.75 Å². The molecule has 0 aliphatic heterocycles. The first kappa shape index (κ1) is 11.7. The lowest BCUT2D eigenvalue weighted by Gasteiger charge is -2.05. The minimum atomic E-state index is -0.405. The minimum absolute atomic E-state index is 0.405. The normalized spacial score (nSPS) is 10.0. The van der Waals surface area contributed by atoms with Crippen molar-refractivity contribution in [3.63, 3.8) is 0 Å². The van der Waals surface area contributed by atoms with Crippen molar-refractivity contribution in [1.29, 1.82) is 0 Å². The van der Waals surface area contributed by atoms with Gasteiger partial charge in [0.25, 0.3) is 0 Å². The summed E-state index contributed by atoms with van der Waals surface area (Å²) in [7, 11) is 0. The molecular weight excluding hydrogens is 236 g/mol. The Morgan fingerprint density at radius 3 is 2.59 bits per heavy atom. The van der Waals surface area contributed by atoms with Crippen molar-refractivity contribution in [2.24, 2.45) is 0 Å². The maximum atomic E-state index is 11.8. The quantitative estimate of drug-likeness (QED) is 0.594. The summed E-state index contributed by atoms with van der Waals surface area (Å²) in [6.45, 7) is 1.94. The van der Waals surface area contributed by atoms with E-state index in [2.05, 4.69) is 0 Å². The number of halogens is 1. The molecule has 0 aromatic heterocycles. The van der Waals surface area contributed by atoms with Crippen molar-refractivity contribution in [3.8, 4) is 5.75 Å². The topological polar surface area (TPSA) is 26.3 Å². The van der Waals surface area contributed by atoms with Gasteiger partial charge in [0.1, 0.15) is 5.75 Å². The Labute approximate surface area is 105 Å². The van der Waals surface area contributed by atoms with Crippen LogP contribution in [0.3, 0.4) is 0 Å². The van der Waals surface area contributed by atoms with Crippen LogP contribution in [-0.2, 0) is 0 Å². The third-order valence-corrected chi connectivity index (χ3v) is 2.50. The molecule has 17 heavy (non-hydrogen) atoms. The van der Waals surface area contributed by atoms with Crippen LogP contribution < -0.4 is 4.74 Å². The smallest absolute Gasteiger partial charge is 0.343 e. The zero-order chi connectivity index (χ0) is 12.3. The van der Waals surface area contributed by atoms with E-state index in [1.165, 1.54) is 0 Å². The second-order valence-corrected chi connectivity index (χ2v) is 4.15. The lowest BCUT2D eigenvalue weighted by atomic mass is 10.2. The molecule has 0 heterocycles. The molecule has 0 saturated heterocycles. The van der Waals surface area contributed by atoms with Crippen molar-refractivity contribution >= 4 is 17.6 Å². The molecule has 0 atom stereocenters. The van der Waals surface area contributed by atoms with Crippen LogP contribution >= 0.6 is 11.6 Å². The Bertz CT molecular complexity index is 549. The molecule has 0 N–H and O–H groups in total. The molecular formula is C14H11ClO2. The van der Waals surface area contributed by atoms with Crippen molar-refractivity contribution < 1.29 is 9.53 Å². The zero-order valence-corrected chi connectivity index (χ0v) is 10.1. The molecule has 0 bridgehead atoms. The van der Waals surface area contributed by atoms with Gasteiger partial charge < -0.3 is 4.74 Å². The van der Waals surface area contributed by atoms with Crippen molar-refractivity contribution in [3.05, 3.63) is 64.7 Å². The van der Waals surface area contributed by atoms with E-state index < -0.39 is 5.97 Å². The number of hydrogen-bond acceptors (Lipinski definition) is 2. The van der Waals surface area contributed by atoms with Gasteiger partial charge in [0, 0.05) is 5.02 Å². The molecule has 0 amide bonds. The number of hydrogen-bond donors (Lipinski definition) is 0. The van der Waals surface area contributed by atoms with E-state index in [9.17, 15) is 4.79 Å². The van der Waals surface area contributed by atoms with E-state index in [-0.39, 0.29) is 0 Å². The Kier molecular flexibility index (Phi) is 3.45. The molecule has 0 aliphatic rings. The summed E-state index contributed by atoms with van der Waals surface area (Å²) in [6, 6.07) is 14.0. The molecule has 2 aromatic carbocycles. The first-order valence-electron chi connectivity index (χ1n) is 5.19. The first-order valence-corrected chi connectivity index (χ1v) is 5.57. The van der Waals surface area contributed by atoms with E-state index in [0.29, 0.717) is 16.3 Å². The molecule has 0 aliphatic carbocycles. The number of esters is 1. The molecule has 86 valence electrons. The molecule has 0 spiro atoms. The second kappa shape index (κ2) is 5.02. The molecule has 2 nitrogen and oxygen atoms in total. The van der Waals surface area contributed by atoms with Crippen molar-refractivity contribution in [2.75, 3.05) is 0 Å². The fourth-order valence-electron chi connectivity index (χ4n) is 1.46. The third kappa shape index (κ3) is 3.08. The Morgan fingerprint density at radius 2 is 1.88 bits per heavy atom. The van der Waals surface area contributed by atoms with E-state index >= 15 is 0 Å². The maximum absolute atomic E-state index is 11.8. The van der Waals surface area contributed by atoms with Crippen molar-refractivity contribution in [1.82, 2.24) is 0 Å². The minimum Gasteiger partial charge on any atom is -0.423 e. The van der Waals surface area contributed by atoms with Gasteiger partial charge in [-0.25, -0.2) is 4.79 Å². The Hall–Kier alpha value is -1.80. The second-order valence-electron chi connectivity index (χ2n) is 3.72. The summed E-state index contributed by atoms with van der Waals surface area (Å²) in [5.74, 6) is 0.132. The fourth-order valence-corrected chi connectivity index (χ4v) is 1.65. The number of carbonyl (C=O) groups is 1. The number of benzene rings is 2. The van der Waals surface area contributed by atoms with Gasteiger partial charge in [0.2, 0.25) is 0 Å². The number of aryl methyl sites for hydroxylation is 1. The first-order chi connectivity index (χ1) is 8.15. The van der Waals surface area contributed by atoms with Crippen LogP contribution in [-0.4, -0.2) is 5.97 Å². The van der Waals surface area contributed by atoms with E-state index in [1.807, 2.05) is 25.1 Å². The molecule has 0 unspecified atom stereocenters. The highest BCUT2D eigenvalue weighted by Gasteiger charge is 2.08. The highest BCUT2D eigenvalue weighted by molar-refractivity contribution is 6.30. The van der Waals surface area contributed by atoms with Gasteiger partial charge in [0.05, 0.1) is 5.56 Å². The summed E-state index contributed by atoms with van der Waals surface area (Å²) in [5.41, 5.74) is 1.49. The van der Waals surface area contributed by atoms with Gasteiger partial charge in [0.15, 0.2) is 0 Å². The fraction of sp³-hybridized carbons (Fsp3) is 0.0714. The van der Waals surface area contributed by atoms with E-state index in [1.54, 1.807) is 30.3 Å². The van der Waals surface area contributed by atoms with Crippen LogP contribution in [0.2, 0.25) is 5.02 Å². The lowest BCUT2D eigenvalue weighted by molar-refractivity contribution is 0.0734. The van der Waals surface area contributed by atoms with Gasteiger partial charge in [-0.2, -0.15) is 0 Å². The molecule has 3 heteroatoms. The van der Waals surface area contributed by atoms with Gasteiger partial charge in [-0.3, -0.25) is 0 Å². The van der Waals surface area contributed by atoms with Crippen molar-refractivity contribution in [2.45, 2.75) is 6.92 Å². The summed E-state index contributed by atoms with van der Waals surface area (Å²) in [5, 5.41) is 0.517. The molecule has 0 fully saturated rings. The average molecular weight is 247 g/mol. The summed E-state index contributed by atoms with van der Waals surface area (Å²) >= 11 is 5.81. The van der Waals surface area contributed by atoms with Gasteiger partial charge in [-0.1, -0.05) is 29.8 Å². The zero-order valence-electron chi connectivity index (χ0n) is 9.31. The SMILES string of the molecule is Cc1cccc(OC(=O)c2cccc(Cl)c2)c1. The van der Waals surface area contributed by atoms with Crippen LogP contribution in [0.4, 0.5) is 0 Å². The highest BCUT2D eigenvalue weighted by Crippen LogP contribution is 2.16. The highest BCUT2D eigenvalue weighted by atomic mass is 35.5. The largest absolute Gasteiger partial charge is 0.423 e. The Balaban J connectivity index is 2.17. The summed E-state index contributed by atoms with van der Waals surface area (Å²) < 4.78 is 5.24. The summed E-state index contributed by atoms with van der Waals surface area (Å²) in [4.78, 5) is 11.8. The summed E-state index contributed by atoms with van der Waals surface area (Å²) in [6.07, 6.45) is 0. The number of carbonyl (C=O) groups excluding carboxylic acids is 1. The van der Waals surface area contributed by atoms with Crippen LogP contribution in [0, 0.1) is 6.92 Å². The van der Waals surface area contributed by atoms with E-state index in [4.69, 9.17) is 16.3 Å². The van der Waals surface area contributed by atoms with Crippen LogP contribution in [0.15, 0.2) is 48.5 Å². The maximum Gasteiger partial charge on any atom is 0.343 e. The van der Waals surface area contributed by atoms with E-state index in [0.717, 1.165) is 5.56 Å². The average Bonchev–Trinajstić information content (AvgIpc) is 2.29. The van der Waals surface area contributed by atoms with Gasteiger partial charge in [-0.05, 0) is 42.8 Å². The van der Waals surface area contributed by atoms with Crippen LogP contribution in [0.1, 0.15) is 15.9 Å². The molecule has 2 rings (SSSR count). The lowest BCUT2D eigenvalue weighted by Crippen LogP contribution is -2.08. The predicted octanol–water partition coefficient (Wildman–Crippen LogP) is 3.87. The number of ether oxygens (including phenoxy) is 1. The molecule has 0 radical (unpaired) electrons. The molecule has 0 saturated carbocycles. The standard InChI is InChI=1S/C14H11ClO2/c1-10-4-2-7-13(8-10)17-14(16)11-5-3-6-12(15)9-11/h2-9H,1H3. The third-order valence-electron chi connectivity index (χ3n) is 2.26.